The van der Waals surface area contributed by atoms with Crippen molar-refractivity contribution in [3.8, 4) is 0 Å². The molecule has 0 aromatic heterocycles. The van der Waals surface area contributed by atoms with E-state index < -0.39 is 0 Å². The minimum Gasteiger partial charge on any atom is -0.143 e. The maximum absolute atomic E-state index is 4.34. The highest BCUT2D eigenvalue weighted by Crippen LogP contribution is 2.33. The minimum atomic E-state index is 1.01. The molecule has 0 N–H and O–H groups in total. The second-order valence-corrected chi connectivity index (χ2v) is 6.12. The van der Waals surface area contributed by atoms with Crippen molar-refractivity contribution in [3.63, 3.8) is 0 Å². The summed E-state index contributed by atoms with van der Waals surface area (Å²) in [5.41, 5.74) is 2.52. The van der Waals surface area contributed by atoms with Crippen LogP contribution >= 0.6 is 37.0 Å². The number of rotatable bonds is 2. The van der Waals surface area contributed by atoms with Gasteiger partial charge in [-0.25, -0.2) is 0 Å². The van der Waals surface area contributed by atoms with Crippen LogP contribution < -0.4 is 0 Å². The third-order valence-corrected chi connectivity index (χ3v) is 4.45. The molecule has 0 bridgehead atoms. The van der Waals surface area contributed by atoms with Crippen LogP contribution in [0.15, 0.2) is 56.0 Å². The van der Waals surface area contributed by atoms with Gasteiger partial charge >= 0.3 is 0 Å². The van der Waals surface area contributed by atoms with E-state index in [0.29, 0.717) is 0 Å². The maximum Gasteiger partial charge on any atom is 0.0152 e. The Labute approximate surface area is 118 Å². The lowest BCUT2D eigenvalue weighted by molar-refractivity contribution is 1.21. The summed E-state index contributed by atoms with van der Waals surface area (Å²) in [6.07, 6.45) is 0. The number of benzene rings is 2. The Balaban J connectivity index is 2.31. The first kappa shape index (κ1) is 12.9. The second kappa shape index (κ2) is 5.42. The van der Waals surface area contributed by atoms with Crippen molar-refractivity contribution in [1.82, 2.24) is 0 Å². The minimum absolute atomic E-state index is 1.01. The number of hydrogen-bond acceptors (Lipinski definition) is 3. The Kier molecular flexibility index (Phi) is 4.13. The molecular formula is C14H14S3. The molecule has 88 valence electrons. The van der Waals surface area contributed by atoms with E-state index in [1.807, 2.05) is 12.1 Å². The lowest BCUT2D eigenvalue weighted by atomic mass is 10.2. The van der Waals surface area contributed by atoms with Crippen LogP contribution in [0.3, 0.4) is 0 Å². The van der Waals surface area contributed by atoms with Gasteiger partial charge < -0.3 is 0 Å². The van der Waals surface area contributed by atoms with E-state index in [1.165, 1.54) is 20.9 Å². The van der Waals surface area contributed by atoms with Crippen LogP contribution in [0.1, 0.15) is 11.1 Å². The molecule has 0 amide bonds. The molecular weight excluding hydrogens is 264 g/mol. The van der Waals surface area contributed by atoms with Gasteiger partial charge in [-0.3, -0.25) is 0 Å². The Morgan fingerprint density at radius 3 is 1.53 bits per heavy atom. The van der Waals surface area contributed by atoms with Gasteiger partial charge in [-0.15, -0.1) is 25.3 Å². The van der Waals surface area contributed by atoms with Crippen LogP contribution in [-0.2, 0) is 0 Å². The van der Waals surface area contributed by atoms with Crippen LogP contribution in [0.5, 0.6) is 0 Å². The Morgan fingerprint density at radius 2 is 1.18 bits per heavy atom. The smallest absolute Gasteiger partial charge is 0.0152 e. The molecule has 0 aliphatic rings. The average molecular weight is 278 g/mol. The van der Waals surface area contributed by atoms with E-state index in [4.69, 9.17) is 0 Å². The van der Waals surface area contributed by atoms with Crippen LogP contribution in [0.4, 0.5) is 0 Å². The van der Waals surface area contributed by atoms with Crippen molar-refractivity contribution < 1.29 is 0 Å². The molecule has 0 aliphatic heterocycles. The monoisotopic (exact) mass is 278 g/mol. The van der Waals surface area contributed by atoms with Crippen LogP contribution in [0.2, 0.25) is 0 Å². The zero-order valence-corrected chi connectivity index (χ0v) is 12.4. The van der Waals surface area contributed by atoms with E-state index in [2.05, 4.69) is 63.4 Å². The van der Waals surface area contributed by atoms with Gasteiger partial charge in [0.25, 0.3) is 0 Å². The highest BCUT2D eigenvalue weighted by atomic mass is 32.2. The standard InChI is InChI=1S/C14H14S3/c1-9-7-11(15)3-5-13(9)17-14-6-4-12(16)8-10(14)2/h3-8,15-16H,1-2H3. The Hall–Kier alpha value is -0.510. The normalized spacial score (nSPS) is 10.6. The van der Waals surface area contributed by atoms with Gasteiger partial charge in [-0.2, -0.15) is 0 Å². The van der Waals surface area contributed by atoms with Crippen molar-refractivity contribution in [2.75, 3.05) is 0 Å². The second-order valence-electron chi connectivity index (χ2n) is 4.00. The number of aryl methyl sites for hydroxylation is 2. The summed E-state index contributed by atoms with van der Waals surface area (Å²) in [6.45, 7) is 4.23. The number of thiol groups is 2. The first-order valence-corrected chi connectivity index (χ1v) is 7.04. The summed E-state index contributed by atoms with van der Waals surface area (Å²) in [6, 6.07) is 12.5. The van der Waals surface area contributed by atoms with Crippen molar-refractivity contribution in [1.29, 1.82) is 0 Å². The predicted octanol–water partition coefficient (Wildman–Crippen LogP) is 5.03. The molecule has 0 saturated heterocycles. The zero-order valence-electron chi connectivity index (χ0n) is 9.77. The topological polar surface area (TPSA) is 0 Å². The van der Waals surface area contributed by atoms with Gasteiger partial charge in [0.05, 0.1) is 0 Å². The third kappa shape index (κ3) is 3.24. The van der Waals surface area contributed by atoms with Crippen LogP contribution in [0, 0.1) is 13.8 Å². The van der Waals surface area contributed by atoms with E-state index in [0.717, 1.165) is 9.79 Å². The summed E-state index contributed by atoms with van der Waals surface area (Å²) in [5.74, 6) is 0. The van der Waals surface area contributed by atoms with Crippen LogP contribution in [-0.4, -0.2) is 0 Å². The van der Waals surface area contributed by atoms with E-state index in [-0.39, 0.29) is 0 Å². The Morgan fingerprint density at radius 1 is 0.765 bits per heavy atom. The molecule has 2 aromatic carbocycles. The van der Waals surface area contributed by atoms with Crippen LogP contribution in [0.25, 0.3) is 0 Å². The van der Waals surface area contributed by atoms with Crippen molar-refractivity contribution in [2.45, 2.75) is 33.4 Å². The zero-order chi connectivity index (χ0) is 12.4. The molecule has 0 atom stereocenters. The van der Waals surface area contributed by atoms with Gasteiger partial charge in [0.1, 0.15) is 0 Å². The lowest BCUT2D eigenvalue weighted by Gasteiger charge is -2.09. The van der Waals surface area contributed by atoms with Gasteiger partial charge in [0, 0.05) is 19.6 Å². The molecule has 0 aliphatic carbocycles. The van der Waals surface area contributed by atoms with Crippen molar-refractivity contribution in [3.05, 3.63) is 47.5 Å². The summed E-state index contributed by atoms with van der Waals surface area (Å²) in [7, 11) is 0. The molecule has 17 heavy (non-hydrogen) atoms. The first-order chi connectivity index (χ1) is 8.06. The molecule has 2 rings (SSSR count). The average Bonchev–Trinajstić information content (AvgIpc) is 2.25. The Bertz CT molecular complexity index is 498. The molecule has 0 heterocycles. The van der Waals surface area contributed by atoms with Crippen molar-refractivity contribution >= 4 is 37.0 Å². The molecule has 0 unspecified atom stereocenters. The molecule has 2 aromatic rings. The number of hydrogen-bond donors (Lipinski definition) is 2. The maximum atomic E-state index is 4.34. The van der Waals surface area contributed by atoms with Gasteiger partial charge in [-0.1, -0.05) is 11.8 Å². The first-order valence-electron chi connectivity index (χ1n) is 5.33. The van der Waals surface area contributed by atoms with Gasteiger partial charge in [0.2, 0.25) is 0 Å². The highest BCUT2D eigenvalue weighted by Gasteiger charge is 2.04. The summed E-state index contributed by atoms with van der Waals surface area (Å²) >= 11 is 10.5. The quantitative estimate of drug-likeness (QED) is 0.726. The van der Waals surface area contributed by atoms with E-state index >= 15 is 0 Å². The van der Waals surface area contributed by atoms with Crippen molar-refractivity contribution in [2.24, 2.45) is 0 Å². The SMILES string of the molecule is Cc1cc(S)ccc1Sc1ccc(S)cc1C. The predicted molar refractivity (Wildman–Crippen MR) is 81.0 cm³/mol. The van der Waals surface area contributed by atoms with E-state index in [1.54, 1.807) is 11.8 Å². The van der Waals surface area contributed by atoms with Gasteiger partial charge in [0.15, 0.2) is 0 Å². The summed E-state index contributed by atoms with van der Waals surface area (Å²) in [5, 5.41) is 0. The summed E-state index contributed by atoms with van der Waals surface area (Å²) < 4.78 is 0. The molecule has 3 heteroatoms. The third-order valence-electron chi connectivity index (χ3n) is 2.54. The molecule has 0 spiro atoms. The summed E-state index contributed by atoms with van der Waals surface area (Å²) in [4.78, 5) is 4.57. The molecule has 0 saturated carbocycles. The fourth-order valence-electron chi connectivity index (χ4n) is 1.61. The molecule has 0 fully saturated rings. The van der Waals surface area contributed by atoms with E-state index in [9.17, 15) is 0 Å². The molecule has 0 nitrogen and oxygen atoms in total. The fraction of sp³-hybridized carbons (Fsp3) is 0.143. The van der Waals surface area contributed by atoms with Gasteiger partial charge in [-0.05, 0) is 61.4 Å². The largest absolute Gasteiger partial charge is 0.143 e. The molecule has 0 radical (unpaired) electrons. The highest BCUT2D eigenvalue weighted by molar-refractivity contribution is 7.99. The fourth-order valence-corrected chi connectivity index (χ4v) is 3.10. The lowest BCUT2D eigenvalue weighted by Crippen LogP contribution is -1.83.